The van der Waals surface area contributed by atoms with E-state index in [-0.39, 0.29) is 11.0 Å². The number of allylic oxidation sites excluding steroid dienone is 3. The van der Waals surface area contributed by atoms with E-state index in [2.05, 4.69) is 78.6 Å². The second-order valence-corrected chi connectivity index (χ2v) is 9.41. The maximum absolute atomic E-state index is 2.47. The molecule has 0 spiro atoms. The van der Waals surface area contributed by atoms with Gasteiger partial charge in [-0.3, -0.25) is 0 Å². The van der Waals surface area contributed by atoms with E-state index in [0.29, 0.717) is 5.41 Å². The van der Waals surface area contributed by atoms with Crippen molar-refractivity contribution in [3.05, 3.63) is 23.8 Å². The van der Waals surface area contributed by atoms with Crippen molar-refractivity contribution < 1.29 is 0 Å². The Kier molecular flexibility index (Phi) is 5.89. The Morgan fingerprint density at radius 1 is 1.14 bits per heavy atom. The lowest BCUT2D eigenvalue weighted by Crippen LogP contribution is -2.44. The predicted octanol–water partition coefficient (Wildman–Crippen LogP) is 5.83. The average Bonchev–Trinajstić information content (AvgIpc) is 2.29. The lowest BCUT2D eigenvalue weighted by Gasteiger charge is -2.39. The van der Waals surface area contributed by atoms with E-state index in [0.717, 1.165) is 6.54 Å². The Balaban J connectivity index is 2.48. The molecule has 1 rings (SSSR count). The number of hydrogen-bond acceptors (Lipinski definition) is 1. The van der Waals surface area contributed by atoms with Crippen molar-refractivity contribution in [3.8, 4) is 0 Å². The van der Waals surface area contributed by atoms with E-state index in [4.69, 9.17) is 0 Å². The van der Waals surface area contributed by atoms with Crippen LogP contribution in [0.15, 0.2) is 23.8 Å². The lowest BCUT2D eigenvalue weighted by molar-refractivity contribution is 0.128. The molecule has 122 valence electrons. The molecule has 1 unspecified atom stereocenters. The SMILES string of the molecule is CN(CC1(C)C=CC(CCCC(C)(C)C)=CC1)C(C)(C)C. The fraction of sp³-hybridized carbons (Fsp3) is 0.800. The summed E-state index contributed by atoms with van der Waals surface area (Å²) in [4.78, 5) is 2.47. The molecule has 0 fully saturated rings. The second-order valence-electron chi connectivity index (χ2n) is 9.41. The molecule has 0 aromatic carbocycles. The Bertz CT molecular complexity index is 389. The van der Waals surface area contributed by atoms with Crippen molar-refractivity contribution in [3.63, 3.8) is 0 Å². The zero-order valence-electron chi connectivity index (χ0n) is 15.7. The first-order valence-electron chi connectivity index (χ1n) is 8.51. The highest BCUT2D eigenvalue weighted by molar-refractivity contribution is 5.26. The first kappa shape index (κ1) is 18.5. The highest BCUT2D eigenvalue weighted by Crippen LogP contribution is 2.33. The minimum absolute atomic E-state index is 0.244. The Labute approximate surface area is 133 Å². The number of hydrogen-bond donors (Lipinski definition) is 0. The third-order valence-corrected chi connectivity index (χ3v) is 4.67. The summed E-state index contributed by atoms with van der Waals surface area (Å²) in [6.07, 6.45) is 12.3. The molecule has 21 heavy (non-hydrogen) atoms. The highest BCUT2D eigenvalue weighted by Gasteiger charge is 2.28. The van der Waals surface area contributed by atoms with Gasteiger partial charge in [-0.25, -0.2) is 0 Å². The van der Waals surface area contributed by atoms with Gasteiger partial charge >= 0.3 is 0 Å². The molecular weight excluding hydrogens is 254 g/mol. The van der Waals surface area contributed by atoms with Crippen LogP contribution >= 0.6 is 0 Å². The van der Waals surface area contributed by atoms with Crippen molar-refractivity contribution in [1.29, 1.82) is 0 Å². The fourth-order valence-electron chi connectivity index (χ4n) is 2.71. The van der Waals surface area contributed by atoms with Gasteiger partial charge in [0.15, 0.2) is 0 Å². The number of nitrogens with zero attached hydrogens (tertiary/aromatic N) is 1. The first-order valence-corrected chi connectivity index (χ1v) is 8.51. The maximum atomic E-state index is 2.47. The van der Waals surface area contributed by atoms with Gasteiger partial charge in [0.2, 0.25) is 0 Å². The minimum Gasteiger partial charge on any atom is -0.301 e. The molecule has 0 saturated heterocycles. The number of rotatable bonds is 5. The van der Waals surface area contributed by atoms with Gasteiger partial charge in [-0.15, -0.1) is 0 Å². The van der Waals surface area contributed by atoms with Crippen LogP contribution in [-0.2, 0) is 0 Å². The van der Waals surface area contributed by atoms with Crippen molar-refractivity contribution in [1.82, 2.24) is 4.90 Å². The van der Waals surface area contributed by atoms with E-state index in [1.807, 2.05) is 0 Å². The van der Waals surface area contributed by atoms with Gasteiger partial charge < -0.3 is 4.90 Å². The lowest BCUT2D eigenvalue weighted by atomic mass is 9.79. The largest absolute Gasteiger partial charge is 0.301 e. The van der Waals surface area contributed by atoms with Crippen LogP contribution in [0.2, 0.25) is 0 Å². The molecule has 1 nitrogen and oxygen atoms in total. The van der Waals surface area contributed by atoms with E-state index in [1.165, 1.54) is 31.3 Å². The second kappa shape index (κ2) is 6.69. The summed E-state index contributed by atoms with van der Waals surface area (Å²) >= 11 is 0. The van der Waals surface area contributed by atoms with Crippen molar-refractivity contribution in [2.75, 3.05) is 13.6 Å². The molecule has 0 radical (unpaired) electrons. The van der Waals surface area contributed by atoms with Crippen LogP contribution in [0.3, 0.4) is 0 Å². The predicted molar refractivity (Wildman–Crippen MR) is 95.6 cm³/mol. The summed E-state index contributed by atoms with van der Waals surface area (Å²) in [5.41, 5.74) is 2.53. The summed E-state index contributed by atoms with van der Waals surface area (Å²) in [7, 11) is 2.24. The Hall–Kier alpha value is -0.560. The van der Waals surface area contributed by atoms with Crippen molar-refractivity contribution in [2.24, 2.45) is 10.8 Å². The zero-order chi connectivity index (χ0) is 16.3. The van der Waals surface area contributed by atoms with E-state index >= 15 is 0 Å². The molecule has 0 amide bonds. The Morgan fingerprint density at radius 2 is 1.76 bits per heavy atom. The molecule has 1 heteroatoms. The summed E-state index contributed by atoms with van der Waals surface area (Å²) in [5, 5.41) is 0. The molecule has 1 atom stereocenters. The van der Waals surface area contributed by atoms with E-state index in [1.54, 1.807) is 0 Å². The molecule has 0 aliphatic heterocycles. The normalized spacial score (nSPS) is 23.6. The topological polar surface area (TPSA) is 3.24 Å². The molecular formula is C20H37N. The van der Waals surface area contributed by atoms with Gasteiger partial charge in [-0.1, -0.05) is 51.5 Å². The van der Waals surface area contributed by atoms with Crippen LogP contribution in [0.5, 0.6) is 0 Å². The van der Waals surface area contributed by atoms with Crippen molar-refractivity contribution >= 4 is 0 Å². The van der Waals surface area contributed by atoms with Crippen LogP contribution < -0.4 is 0 Å². The molecule has 0 aromatic rings. The zero-order valence-corrected chi connectivity index (χ0v) is 15.7. The van der Waals surface area contributed by atoms with Crippen LogP contribution in [0.4, 0.5) is 0 Å². The molecule has 0 aromatic heterocycles. The third-order valence-electron chi connectivity index (χ3n) is 4.67. The summed E-state index contributed by atoms with van der Waals surface area (Å²) in [6.45, 7) is 17.4. The van der Waals surface area contributed by atoms with Gasteiger partial charge in [-0.2, -0.15) is 0 Å². The molecule has 1 aliphatic rings. The summed E-state index contributed by atoms with van der Waals surface area (Å²) in [6, 6.07) is 0. The Morgan fingerprint density at radius 3 is 2.19 bits per heavy atom. The first-order chi connectivity index (χ1) is 9.41. The van der Waals surface area contributed by atoms with Gasteiger partial charge in [-0.05, 0) is 58.9 Å². The molecule has 0 N–H and O–H groups in total. The van der Waals surface area contributed by atoms with Crippen LogP contribution in [0, 0.1) is 10.8 Å². The maximum Gasteiger partial charge on any atom is 0.0122 e. The highest BCUT2D eigenvalue weighted by atomic mass is 15.2. The van der Waals surface area contributed by atoms with Gasteiger partial charge in [0.25, 0.3) is 0 Å². The molecule has 0 bridgehead atoms. The molecule has 0 heterocycles. The summed E-state index contributed by atoms with van der Waals surface area (Å²) < 4.78 is 0. The summed E-state index contributed by atoms with van der Waals surface area (Å²) in [5.74, 6) is 0. The van der Waals surface area contributed by atoms with Gasteiger partial charge in [0.05, 0.1) is 0 Å². The third kappa shape index (κ3) is 6.82. The van der Waals surface area contributed by atoms with Crippen LogP contribution in [-0.4, -0.2) is 24.0 Å². The monoisotopic (exact) mass is 291 g/mol. The van der Waals surface area contributed by atoms with Crippen molar-refractivity contribution in [2.45, 2.75) is 79.7 Å². The van der Waals surface area contributed by atoms with E-state index in [9.17, 15) is 0 Å². The van der Waals surface area contributed by atoms with Crippen LogP contribution in [0.25, 0.3) is 0 Å². The van der Waals surface area contributed by atoms with Gasteiger partial charge in [0.1, 0.15) is 0 Å². The van der Waals surface area contributed by atoms with Crippen LogP contribution in [0.1, 0.15) is 74.1 Å². The van der Waals surface area contributed by atoms with Gasteiger partial charge in [0, 0.05) is 17.5 Å². The molecule has 1 aliphatic carbocycles. The average molecular weight is 292 g/mol. The quantitative estimate of drug-likeness (QED) is 0.616. The standard InChI is InChI=1S/C20H37N/c1-18(2,3)13-9-10-17-11-14-20(7,15-12-17)16-21(8)19(4,5)6/h11-12,14H,9-10,13,15-16H2,1-8H3. The van der Waals surface area contributed by atoms with E-state index < -0.39 is 0 Å². The minimum atomic E-state index is 0.244. The smallest absolute Gasteiger partial charge is 0.0122 e. The molecule has 0 saturated carbocycles. The fourth-order valence-corrected chi connectivity index (χ4v) is 2.71.